The first-order chi connectivity index (χ1) is 7.66. The summed E-state index contributed by atoms with van der Waals surface area (Å²) in [7, 11) is 0. The number of carbonyl (C=O) groups is 2. The van der Waals surface area contributed by atoms with Crippen LogP contribution < -0.4 is 42.0 Å². The summed E-state index contributed by atoms with van der Waals surface area (Å²) in [6.45, 7) is 2.31. The summed E-state index contributed by atoms with van der Waals surface area (Å²) in [5, 5.41) is 8.88. The fourth-order valence-electron chi connectivity index (χ4n) is 1.23. The van der Waals surface area contributed by atoms with Gasteiger partial charge < -0.3 is 22.3 Å². The molecule has 1 aromatic carbocycles. The number of rotatable bonds is 5. The monoisotopic (exact) mass is 280 g/mol. The largest absolute Gasteiger partial charge is 1.00 e. The summed E-state index contributed by atoms with van der Waals surface area (Å²) in [5.41, 5.74) is 0.0788. The zero-order valence-corrected chi connectivity index (χ0v) is 13.2. The second-order valence-corrected chi connectivity index (χ2v) is 3.34. The third-order valence-electron chi connectivity index (χ3n) is 2.11. The van der Waals surface area contributed by atoms with Gasteiger partial charge in [0.2, 0.25) is 0 Å². The fraction of sp³-hybridized carbons (Fsp3) is 0.333. The van der Waals surface area contributed by atoms with E-state index in [1.54, 1.807) is 12.1 Å². The summed E-state index contributed by atoms with van der Waals surface area (Å²) in [6.07, 6.45) is 1.70. The molecule has 4 nitrogen and oxygen atoms in total. The van der Waals surface area contributed by atoms with Crippen LogP contribution in [0.1, 0.15) is 40.5 Å². The molecule has 1 rings (SSSR count). The second-order valence-electron chi connectivity index (χ2n) is 3.34. The minimum atomic E-state index is -1.12. The van der Waals surface area contributed by atoms with Gasteiger partial charge in [0.15, 0.2) is 0 Å². The fourth-order valence-corrected chi connectivity index (χ4v) is 1.23. The normalized spacial score (nSPS) is 8.72. The Balaban J connectivity index is 0. The first kappa shape index (κ1) is 19.8. The van der Waals surface area contributed by atoms with Crippen LogP contribution in [-0.4, -0.2) is 23.7 Å². The van der Waals surface area contributed by atoms with Crippen LogP contribution in [0.4, 0.5) is 0 Å². The quantitative estimate of drug-likeness (QED) is 0.343. The summed E-state index contributed by atoms with van der Waals surface area (Å²) >= 11 is 0. The van der Waals surface area contributed by atoms with Crippen molar-refractivity contribution in [3.8, 4) is 0 Å². The predicted molar refractivity (Wildman–Crippen MR) is 58.6 cm³/mol. The molecule has 0 aliphatic rings. The Labute approximate surface area is 134 Å². The van der Waals surface area contributed by atoms with Crippen LogP contribution in [-0.2, 0) is 4.74 Å². The summed E-state index contributed by atoms with van der Waals surface area (Å²) < 4.78 is 4.96. The molecule has 0 spiro atoms. The molecular formula is C12H14ClNaO4. The van der Waals surface area contributed by atoms with E-state index in [9.17, 15) is 9.59 Å². The molecule has 18 heavy (non-hydrogen) atoms. The molecule has 0 aliphatic heterocycles. The van der Waals surface area contributed by atoms with E-state index in [4.69, 9.17) is 9.84 Å². The van der Waals surface area contributed by atoms with Crippen molar-refractivity contribution in [3.05, 3.63) is 35.4 Å². The molecule has 0 saturated heterocycles. The van der Waals surface area contributed by atoms with Gasteiger partial charge in [-0.3, -0.25) is 0 Å². The Kier molecular flexibility index (Phi) is 11.4. The van der Waals surface area contributed by atoms with Crippen LogP contribution in [0.2, 0.25) is 0 Å². The molecule has 1 aromatic rings. The molecule has 0 unspecified atom stereocenters. The van der Waals surface area contributed by atoms with Crippen LogP contribution in [0.25, 0.3) is 0 Å². The number of halogens is 1. The van der Waals surface area contributed by atoms with Crippen LogP contribution in [0.3, 0.4) is 0 Å². The Morgan fingerprint density at radius 1 is 1.22 bits per heavy atom. The van der Waals surface area contributed by atoms with Crippen LogP contribution in [0.5, 0.6) is 0 Å². The van der Waals surface area contributed by atoms with E-state index in [0.717, 1.165) is 12.8 Å². The molecular weight excluding hydrogens is 267 g/mol. The minimum Gasteiger partial charge on any atom is -1.00 e. The zero-order chi connectivity index (χ0) is 12.0. The van der Waals surface area contributed by atoms with E-state index in [1.807, 2.05) is 6.92 Å². The first-order valence-electron chi connectivity index (χ1n) is 5.16. The zero-order valence-electron chi connectivity index (χ0n) is 10.5. The Morgan fingerprint density at radius 2 is 1.78 bits per heavy atom. The third-order valence-corrected chi connectivity index (χ3v) is 2.11. The van der Waals surface area contributed by atoms with Gasteiger partial charge >= 0.3 is 41.5 Å². The molecule has 1 N–H and O–H groups in total. The maximum Gasteiger partial charge on any atom is 1.00 e. The first-order valence-corrected chi connectivity index (χ1v) is 5.16. The van der Waals surface area contributed by atoms with Gasteiger partial charge in [-0.1, -0.05) is 25.5 Å². The summed E-state index contributed by atoms with van der Waals surface area (Å²) in [6, 6.07) is 6.03. The molecule has 0 heterocycles. The predicted octanol–water partition coefficient (Wildman–Crippen LogP) is -3.65. The van der Waals surface area contributed by atoms with Gasteiger partial charge in [0.1, 0.15) is 0 Å². The van der Waals surface area contributed by atoms with Crippen molar-refractivity contribution in [1.82, 2.24) is 0 Å². The summed E-state index contributed by atoms with van der Waals surface area (Å²) in [4.78, 5) is 22.4. The van der Waals surface area contributed by atoms with Gasteiger partial charge in [-0.2, -0.15) is 0 Å². The number of hydrogen-bond donors (Lipinski definition) is 1. The van der Waals surface area contributed by atoms with Gasteiger partial charge in [0.05, 0.1) is 17.7 Å². The van der Waals surface area contributed by atoms with Gasteiger partial charge in [0.25, 0.3) is 0 Å². The van der Waals surface area contributed by atoms with Crippen LogP contribution in [0, 0.1) is 0 Å². The topological polar surface area (TPSA) is 63.6 Å². The average molecular weight is 281 g/mol. The van der Waals surface area contributed by atoms with Crippen molar-refractivity contribution in [2.75, 3.05) is 6.61 Å². The van der Waals surface area contributed by atoms with Crippen molar-refractivity contribution in [2.24, 2.45) is 0 Å². The number of carboxylic acid groups (broad SMARTS) is 1. The molecule has 0 bridgehead atoms. The van der Waals surface area contributed by atoms with Gasteiger partial charge in [0, 0.05) is 0 Å². The number of carboxylic acids is 1. The number of carbonyl (C=O) groups excluding carboxylic acids is 1. The number of hydrogen-bond acceptors (Lipinski definition) is 3. The SMILES string of the molecule is CCCCOC(=O)c1ccccc1C(=O)O.[Cl-].[Na+]. The molecule has 6 heteroatoms. The maximum absolute atomic E-state index is 11.6. The number of unbranched alkanes of at least 4 members (excludes halogenated alkanes) is 1. The third kappa shape index (κ3) is 5.87. The van der Waals surface area contributed by atoms with Crippen molar-refractivity contribution < 1.29 is 61.4 Å². The van der Waals surface area contributed by atoms with E-state index in [2.05, 4.69) is 0 Å². The molecule has 0 saturated carbocycles. The average Bonchev–Trinajstić information content (AvgIpc) is 2.29. The van der Waals surface area contributed by atoms with Crippen LogP contribution >= 0.6 is 0 Å². The maximum atomic E-state index is 11.6. The smallest absolute Gasteiger partial charge is 1.00 e. The van der Waals surface area contributed by atoms with E-state index < -0.39 is 11.9 Å². The van der Waals surface area contributed by atoms with Crippen molar-refractivity contribution >= 4 is 11.9 Å². The second kappa shape index (κ2) is 10.4. The Hall–Kier alpha value is -0.550. The Morgan fingerprint density at radius 3 is 2.28 bits per heavy atom. The van der Waals surface area contributed by atoms with Gasteiger partial charge in [-0.15, -0.1) is 0 Å². The van der Waals surface area contributed by atoms with Gasteiger partial charge in [-0.05, 0) is 18.6 Å². The molecule has 0 aromatic heterocycles. The van der Waals surface area contributed by atoms with Crippen molar-refractivity contribution in [2.45, 2.75) is 19.8 Å². The van der Waals surface area contributed by atoms with Crippen molar-refractivity contribution in [1.29, 1.82) is 0 Å². The van der Waals surface area contributed by atoms with E-state index >= 15 is 0 Å². The van der Waals surface area contributed by atoms with E-state index in [-0.39, 0.29) is 53.1 Å². The number of ether oxygens (including phenoxy) is 1. The summed E-state index contributed by atoms with van der Waals surface area (Å²) in [5.74, 6) is -1.70. The minimum absolute atomic E-state index is 0. The molecule has 0 amide bonds. The molecule has 94 valence electrons. The molecule has 0 atom stereocenters. The number of esters is 1. The van der Waals surface area contributed by atoms with E-state index in [1.165, 1.54) is 12.1 Å². The molecule has 0 aliphatic carbocycles. The molecule has 0 radical (unpaired) electrons. The van der Waals surface area contributed by atoms with E-state index in [0.29, 0.717) is 6.61 Å². The molecule has 0 fully saturated rings. The van der Waals surface area contributed by atoms with Gasteiger partial charge in [-0.25, -0.2) is 9.59 Å². The Bertz CT molecular complexity index is 395. The number of benzene rings is 1. The van der Waals surface area contributed by atoms with Crippen molar-refractivity contribution in [3.63, 3.8) is 0 Å². The standard InChI is InChI=1S/C12H14O4.ClH.Na/c1-2-3-8-16-12(15)10-7-5-4-6-9(10)11(13)14;;/h4-7H,2-3,8H2,1H3,(H,13,14);1H;/q;;+1/p-1. The number of aromatic carboxylic acids is 1. The van der Waals surface area contributed by atoms with Crippen LogP contribution in [0.15, 0.2) is 24.3 Å².